The summed E-state index contributed by atoms with van der Waals surface area (Å²) in [6.07, 6.45) is 1.43. The Labute approximate surface area is 111 Å². The van der Waals surface area contributed by atoms with Gasteiger partial charge in [0.15, 0.2) is 0 Å². The molecule has 1 aromatic heterocycles. The molecule has 0 bridgehead atoms. The third-order valence-electron chi connectivity index (χ3n) is 2.21. The zero-order valence-electron chi connectivity index (χ0n) is 9.13. The maximum Gasteiger partial charge on any atom is 0.138 e. The van der Waals surface area contributed by atoms with Gasteiger partial charge in [-0.05, 0) is 24.6 Å². The van der Waals surface area contributed by atoms with E-state index in [2.05, 4.69) is 10.1 Å². The van der Waals surface area contributed by atoms with Crippen molar-refractivity contribution in [3.63, 3.8) is 0 Å². The van der Waals surface area contributed by atoms with Gasteiger partial charge in [-0.3, -0.25) is 0 Å². The van der Waals surface area contributed by atoms with Crippen molar-refractivity contribution in [2.45, 2.75) is 13.5 Å². The molecule has 0 aliphatic heterocycles. The van der Waals surface area contributed by atoms with Crippen LogP contribution in [0.15, 0.2) is 24.5 Å². The molecule has 0 atom stereocenters. The van der Waals surface area contributed by atoms with E-state index in [1.807, 2.05) is 0 Å². The minimum absolute atomic E-state index is 0. The van der Waals surface area contributed by atoms with E-state index in [1.54, 1.807) is 17.7 Å². The van der Waals surface area contributed by atoms with Gasteiger partial charge in [-0.15, -0.1) is 24.8 Å². The molecule has 17 heavy (non-hydrogen) atoms. The van der Waals surface area contributed by atoms with E-state index in [9.17, 15) is 4.39 Å². The largest absolute Gasteiger partial charge is 0.326 e. The molecule has 2 N–H and O–H groups in total. The summed E-state index contributed by atoms with van der Waals surface area (Å²) in [5.74, 6) is 0.396. The molecule has 0 spiro atoms. The van der Waals surface area contributed by atoms with E-state index >= 15 is 0 Å². The summed E-state index contributed by atoms with van der Waals surface area (Å²) in [4.78, 5) is 3.99. The van der Waals surface area contributed by atoms with Gasteiger partial charge in [0.1, 0.15) is 18.0 Å². The Bertz CT molecular complexity index is 487. The Morgan fingerprint density at radius 3 is 2.59 bits per heavy atom. The summed E-state index contributed by atoms with van der Waals surface area (Å²) in [7, 11) is 0. The summed E-state index contributed by atoms with van der Waals surface area (Å²) in [6.45, 7) is 2.15. The average molecular weight is 279 g/mol. The number of benzene rings is 1. The number of nitrogens with two attached hydrogens (primary N) is 1. The highest BCUT2D eigenvalue weighted by atomic mass is 35.5. The van der Waals surface area contributed by atoms with Crippen molar-refractivity contribution in [1.29, 1.82) is 0 Å². The first-order valence-corrected chi connectivity index (χ1v) is 4.58. The van der Waals surface area contributed by atoms with Crippen molar-refractivity contribution >= 4 is 24.8 Å². The fourth-order valence-corrected chi connectivity index (χ4v) is 1.44. The highest BCUT2D eigenvalue weighted by Gasteiger charge is 2.08. The monoisotopic (exact) mass is 278 g/mol. The summed E-state index contributed by atoms with van der Waals surface area (Å²) >= 11 is 0. The van der Waals surface area contributed by atoms with Crippen LogP contribution in [0.4, 0.5) is 4.39 Å². The van der Waals surface area contributed by atoms with Crippen molar-refractivity contribution in [2.75, 3.05) is 0 Å². The van der Waals surface area contributed by atoms with E-state index in [4.69, 9.17) is 5.73 Å². The molecule has 1 heterocycles. The fraction of sp³-hybridized carbons (Fsp3) is 0.200. The van der Waals surface area contributed by atoms with E-state index in [0.717, 1.165) is 5.56 Å². The zero-order chi connectivity index (χ0) is 10.8. The lowest BCUT2D eigenvalue weighted by Gasteiger charge is -2.08. The highest BCUT2D eigenvalue weighted by molar-refractivity contribution is 5.85. The molecule has 2 aromatic rings. The fourth-order valence-electron chi connectivity index (χ4n) is 1.44. The quantitative estimate of drug-likeness (QED) is 0.915. The maximum absolute atomic E-state index is 13.1. The van der Waals surface area contributed by atoms with Crippen LogP contribution in [0.5, 0.6) is 0 Å². The van der Waals surface area contributed by atoms with Crippen molar-refractivity contribution in [3.05, 3.63) is 41.7 Å². The zero-order valence-corrected chi connectivity index (χ0v) is 10.8. The molecule has 0 unspecified atom stereocenters. The van der Waals surface area contributed by atoms with Crippen LogP contribution in [0.25, 0.3) is 5.69 Å². The van der Waals surface area contributed by atoms with Gasteiger partial charge in [0.05, 0.1) is 5.69 Å². The van der Waals surface area contributed by atoms with Crippen LogP contribution in [0, 0.1) is 12.7 Å². The third kappa shape index (κ3) is 3.15. The number of nitrogens with zero attached hydrogens (tertiary/aromatic N) is 3. The lowest BCUT2D eigenvalue weighted by molar-refractivity contribution is 0.623. The van der Waals surface area contributed by atoms with Crippen LogP contribution < -0.4 is 5.73 Å². The second-order valence-corrected chi connectivity index (χ2v) is 3.20. The number of halogens is 3. The van der Waals surface area contributed by atoms with Crippen molar-refractivity contribution < 1.29 is 4.39 Å². The number of hydrogen-bond acceptors (Lipinski definition) is 3. The van der Waals surface area contributed by atoms with E-state index in [0.29, 0.717) is 18.1 Å². The Morgan fingerprint density at radius 1 is 1.35 bits per heavy atom. The molecule has 0 radical (unpaired) electrons. The van der Waals surface area contributed by atoms with Gasteiger partial charge in [0, 0.05) is 6.54 Å². The van der Waals surface area contributed by atoms with E-state index in [1.165, 1.54) is 18.5 Å². The molecule has 0 fully saturated rings. The van der Waals surface area contributed by atoms with Gasteiger partial charge in [-0.1, -0.05) is 6.07 Å². The number of rotatable bonds is 2. The van der Waals surface area contributed by atoms with E-state index < -0.39 is 0 Å². The normalized spacial score (nSPS) is 9.35. The van der Waals surface area contributed by atoms with Crippen molar-refractivity contribution in [1.82, 2.24) is 14.8 Å². The molecule has 7 heteroatoms. The SMILES string of the molecule is Cc1ncnn1-c1cc(F)ccc1CN.Cl.Cl. The highest BCUT2D eigenvalue weighted by Crippen LogP contribution is 2.15. The van der Waals surface area contributed by atoms with Crippen LogP contribution in [0.2, 0.25) is 0 Å². The topological polar surface area (TPSA) is 56.7 Å². The Balaban J connectivity index is 0.00000128. The molecule has 4 nitrogen and oxygen atoms in total. The summed E-state index contributed by atoms with van der Waals surface area (Å²) in [5.41, 5.74) is 7.06. The minimum atomic E-state index is -0.308. The number of aryl methyl sites for hydroxylation is 1. The average Bonchev–Trinajstić information content (AvgIpc) is 2.64. The molecule has 0 amide bonds. The molecular weight excluding hydrogens is 266 g/mol. The first-order valence-electron chi connectivity index (χ1n) is 4.58. The molecule has 94 valence electrons. The summed E-state index contributed by atoms with van der Waals surface area (Å²) in [6, 6.07) is 4.45. The lowest BCUT2D eigenvalue weighted by atomic mass is 10.1. The molecule has 0 aliphatic rings. The second-order valence-electron chi connectivity index (χ2n) is 3.20. The van der Waals surface area contributed by atoms with Gasteiger partial charge in [0.25, 0.3) is 0 Å². The van der Waals surface area contributed by atoms with Crippen LogP contribution in [0.3, 0.4) is 0 Å². The van der Waals surface area contributed by atoms with Gasteiger partial charge in [0.2, 0.25) is 0 Å². The van der Waals surface area contributed by atoms with E-state index in [-0.39, 0.29) is 30.6 Å². The van der Waals surface area contributed by atoms with Crippen LogP contribution in [-0.2, 0) is 6.54 Å². The first-order chi connectivity index (χ1) is 7.22. The molecule has 1 aromatic carbocycles. The van der Waals surface area contributed by atoms with Gasteiger partial charge < -0.3 is 5.73 Å². The minimum Gasteiger partial charge on any atom is -0.326 e. The Kier molecular flexibility index (Phi) is 6.09. The van der Waals surface area contributed by atoms with Crippen molar-refractivity contribution in [2.24, 2.45) is 5.73 Å². The van der Waals surface area contributed by atoms with Crippen LogP contribution in [0.1, 0.15) is 11.4 Å². The predicted octanol–water partition coefficient (Wildman–Crippen LogP) is 2.02. The van der Waals surface area contributed by atoms with Crippen molar-refractivity contribution in [3.8, 4) is 5.69 Å². The van der Waals surface area contributed by atoms with Gasteiger partial charge in [-0.25, -0.2) is 14.1 Å². The Hall–Kier alpha value is -1.17. The Morgan fingerprint density at radius 2 is 2.06 bits per heavy atom. The van der Waals surface area contributed by atoms with Gasteiger partial charge >= 0.3 is 0 Å². The third-order valence-corrected chi connectivity index (χ3v) is 2.21. The predicted molar refractivity (Wildman–Crippen MR) is 68.4 cm³/mol. The smallest absolute Gasteiger partial charge is 0.138 e. The molecular formula is C10H13Cl2FN4. The summed E-state index contributed by atoms with van der Waals surface area (Å²) < 4.78 is 14.7. The molecule has 2 rings (SSSR count). The van der Waals surface area contributed by atoms with Crippen LogP contribution >= 0.6 is 24.8 Å². The number of hydrogen-bond donors (Lipinski definition) is 1. The molecule has 0 saturated carbocycles. The molecule has 0 aliphatic carbocycles. The number of aromatic nitrogens is 3. The summed E-state index contributed by atoms with van der Waals surface area (Å²) in [5, 5.41) is 4.02. The van der Waals surface area contributed by atoms with Crippen LogP contribution in [-0.4, -0.2) is 14.8 Å². The second kappa shape index (κ2) is 6.54. The first kappa shape index (κ1) is 15.8. The maximum atomic E-state index is 13.1. The lowest BCUT2D eigenvalue weighted by Crippen LogP contribution is -2.07. The van der Waals surface area contributed by atoms with Gasteiger partial charge in [-0.2, -0.15) is 5.10 Å². The molecule has 0 saturated heterocycles. The standard InChI is InChI=1S/C10H11FN4.2ClH/c1-7-13-6-14-15(7)10-4-9(11)3-2-8(10)5-12;;/h2-4,6H,5,12H2,1H3;2*1H.